The number of hydrogen-bond acceptors (Lipinski definition) is 6. The Morgan fingerprint density at radius 2 is 1.55 bits per heavy atom. The molecule has 0 unspecified atom stereocenters. The van der Waals surface area contributed by atoms with Crippen LogP contribution in [0.3, 0.4) is 0 Å². The maximum atomic E-state index is 13.3. The van der Waals surface area contributed by atoms with Crippen LogP contribution in [0.4, 0.5) is 32.2 Å². The van der Waals surface area contributed by atoms with Crippen LogP contribution in [0.2, 0.25) is 0 Å². The summed E-state index contributed by atoms with van der Waals surface area (Å²) in [4.78, 5) is 36.3. The maximum Gasteiger partial charge on any atom is 0.417 e. The number of aromatic nitrogens is 2. The van der Waals surface area contributed by atoms with E-state index in [1.54, 1.807) is 4.90 Å². The molecule has 3 N–H and O–H groups in total. The predicted molar refractivity (Wildman–Crippen MR) is 120 cm³/mol. The number of primary amides is 1. The van der Waals surface area contributed by atoms with Gasteiger partial charge in [-0.1, -0.05) is 0 Å². The Morgan fingerprint density at radius 3 is 1.97 bits per heavy atom. The van der Waals surface area contributed by atoms with Gasteiger partial charge in [-0.2, -0.15) is 26.3 Å². The molecule has 0 radical (unpaired) electrons. The SMILES string of the molecule is NC(=O)CC1CC1.O=C(O)c1ccc(N2CCN(C(=O)c3ccc(C(F)(F)F)cc3C(F)(F)F)CC2)nn1. The fourth-order valence-corrected chi connectivity index (χ4v) is 3.67. The van der Waals surface area contributed by atoms with E-state index in [1.807, 2.05) is 0 Å². The molecule has 0 bridgehead atoms. The summed E-state index contributed by atoms with van der Waals surface area (Å²) in [5.74, 6) is -1.47. The van der Waals surface area contributed by atoms with Crippen molar-refractivity contribution in [3.8, 4) is 0 Å². The summed E-state index contributed by atoms with van der Waals surface area (Å²) in [5.41, 5.74) is 0.625. The van der Waals surface area contributed by atoms with E-state index in [4.69, 9.17) is 10.8 Å². The van der Waals surface area contributed by atoms with Gasteiger partial charge in [-0.25, -0.2) is 4.79 Å². The summed E-state index contributed by atoms with van der Waals surface area (Å²) in [7, 11) is 0. The lowest BCUT2D eigenvalue weighted by molar-refractivity contribution is -0.143. The molecule has 2 fully saturated rings. The number of rotatable bonds is 5. The number of carbonyl (C=O) groups is 3. The first-order valence-electron chi connectivity index (χ1n) is 11.3. The highest BCUT2D eigenvalue weighted by Crippen LogP contribution is 2.38. The van der Waals surface area contributed by atoms with Gasteiger partial charge in [0.25, 0.3) is 5.91 Å². The summed E-state index contributed by atoms with van der Waals surface area (Å²) in [6.45, 7) is 0.294. The molecule has 206 valence electrons. The Morgan fingerprint density at radius 1 is 0.921 bits per heavy atom. The number of amides is 2. The Hall–Kier alpha value is -3.91. The smallest absolute Gasteiger partial charge is 0.417 e. The number of alkyl halides is 6. The van der Waals surface area contributed by atoms with E-state index in [2.05, 4.69) is 10.2 Å². The number of benzene rings is 1. The third-order valence-electron chi connectivity index (χ3n) is 5.83. The second kappa shape index (κ2) is 11.2. The third kappa shape index (κ3) is 7.55. The number of carbonyl (C=O) groups excluding carboxylic acids is 2. The largest absolute Gasteiger partial charge is 0.476 e. The van der Waals surface area contributed by atoms with Gasteiger partial charge in [-0.15, -0.1) is 10.2 Å². The van der Waals surface area contributed by atoms with Crippen LogP contribution in [0.25, 0.3) is 0 Å². The van der Waals surface area contributed by atoms with Crippen molar-refractivity contribution in [1.29, 1.82) is 0 Å². The van der Waals surface area contributed by atoms with Crippen LogP contribution >= 0.6 is 0 Å². The van der Waals surface area contributed by atoms with Crippen molar-refractivity contribution >= 4 is 23.6 Å². The van der Waals surface area contributed by atoms with E-state index < -0.39 is 40.9 Å². The number of carboxylic acid groups (broad SMARTS) is 1. The number of carboxylic acids is 1. The van der Waals surface area contributed by atoms with E-state index in [0.717, 1.165) is 4.90 Å². The lowest BCUT2D eigenvalue weighted by atomic mass is 10.0. The van der Waals surface area contributed by atoms with Crippen molar-refractivity contribution in [2.24, 2.45) is 11.7 Å². The van der Waals surface area contributed by atoms with Gasteiger partial charge in [0.15, 0.2) is 11.5 Å². The van der Waals surface area contributed by atoms with Gasteiger partial charge in [0.05, 0.1) is 16.7 Å². The van der Waals surface area contributed by atoms with Crippen LogP contribution in [-0.2, 0) is 17.1 Å². The molecule has 1 aromatic heterocycles. The Kier molecular flexibility index (Phi) is 8.47. The van der Waals surface area contributed by atoms with E-state index in [9.17, 15) is 40.7 Å². The topological polar surface area (TPSA) is 130 Å². The molecule has 4 rings (SSSR count). The highest BCUT2D eigenvalue weighted by Gasteiger charge is 2.40. The van der Waals surface area contributed by atoms with Crippen molar-refractivity contribution < 1.29 is 45.8 Å². The molecule has 1 aliphatic heterocycles. The molecule has 0 spiro atoms. The quantitative estimate of drug-likeness (QED) is 0.549. The van der Waals surface area contributed by atoms with Crippen molar-refractivity contribution in [1.82, 2.24) is 15.1 Å². The zero-order valence-corrected chi connectivity index (χ0v) is 19.7. The normalized spacial score (nSPS) is 15.9. The molecule has 1 saturated carbocycles. The third-order valence-corrected chi connectivity index (χ3v) is 5.83. The minimum atomic E-state index is -5.14. The molecule has 2 heterocycles. The van der Waals surface area contributed by atoms with Crippen molar-refractivity contribution in [3.63, 3.8) is 0 Å². The number of aromatic carboxylic acids is 1. The molecule has 1 aliphatic carbocycles. The van der Waals surface area contributed by atoms with Crippen LogP contribution in [0.5, 0.6) is 0 Å². The monoisotopic (exact) mass is 547 g/mol. The zero-order valence-electron chi connectivity index (χ0n) is 19.7. The molecule has 0 atom stereocenters. The van der Waals surface area contributed by atoms with E-state index >= 15 is 0 Å². The number of nitrogens with zero attached hydrogens (tertiary/aromatic N) is 4. The summed E-state index contributed by atoms with van der Waals surface area (Å²) in [5, 5.41) is 16.1. The number of halogens is 6. The van der Waals surface area contributed by atoms with Gasteiger partial charge in [-0.05, 0) is 49.1 Å². The molecule has 2 aliphatic rings. The van der Waals surface area contributed by atoms with Crippen molar-refractivity contribution in [3.05, 3.63) is 52.7 Å². The summed E-state index contributed by atoms with van der Waals surface area (Å²) in [6.07, 6.45) is -7.09. The Balaban J connectivity index is 0.000000494. The number of anilines is 1. The Labute approximate surface area is 212 Å². The van der Waals surface area contributed by atoms with Crippen molar-refractivity contribution in [2.75, 3.05) is 31.1 Å². The standard InChI is InChI=1S/C18H14F6N4O3.C5H9NO/c19-17(20,21)10-1-2-11(12(9-10)18(22,23)24)15(29)28-7-5-27(6-8-28)14-4-3-13(16(30)31)25-26-14;6-5(7)3-4-1-2-4/h1-4,9H,5-8H2,(H,30,31);4H,1-3H2,(H2,6,7). The minimum Gasteiger partial charge on any atom is -0.476 e. The lowest BCUT2D eigenvalue weighted by Gasteiger charge is -2.35. The average molecular weight is 547 g/mol. The van der Waals surface area contributed by atoms with E-state index in [-0.39, 0.29) is 43.8 Å². The minimum absolute atomic E-state index is 0.0144. The van der Waals surface area contributed by atoms with Crippen LogP contribution in [0.15, 0.2) is 30.3 Å². The van der Waals surface area contributed by atoms with Crippen molar-refractivity contribution in [2.45, 2.75) is 31.6 Å². The fraction of sp³-hybridized carbons (Fsp3) is 0.435. The van der Waals surface area contributed by atoms with Crippen LogP contribution in [0.1, 0.15) is 51.2 Å². The number of piperazine rings is 1. The van der Waals surface area contributed by atoms with E-state index in [1.165, 1.54) is 25.0 Å². The number of nitrogens with two attached hydrogens (primary N) is 1. The van der Waals surface area contributed by atoms with Crippen LogP contribution in [-0.4, -0.2) is 64.2 Å². The first-order chi connectivity index (χ1) is 17.7. The highest BCUT2D eigenvalue weighted by atomic mass is 19.4. The number of hydrogen-bond donors (Lipinski definition) is 2. The fourth-order valence-electron chi connectivity index (χ4n) is 3.67. The second-order valence-electron chi connectivity index (χ2n) is 8.73. The van der Waals surface area contributed by atoms with E-state index in [0.29, 0.717) is 30.3 Å². The molecular formula is C23H23F6N5O4. The predicted octanol–water partition coefficient (Wildman–Crippen LogP) is 3.45. The average Bonchev–Trinajstić information content (AvgIpc) is 3.66. The molecular weight excluding hydrogens is 524 g/mol. The van der Waals surface area contributed by atoms with Gasteiger partial charge in [0.1, 0.15) is 0 Å². The molecule has 9 nitrogen and oxygen atoms in total. The first-order valence-corrected chi connectivity index (χ1v) is 11.3. The summed E-state index contributed by atoms with van der Waals surface area (Å²) < 4.78 is 78.4. The Bertz CT molecular complexity index is 1170. The molecule has 38 heavy (non-hydrogen) atoms. The highest BCUT2D eigenvalue weighted by molar-refractivity contribution is 5.96. The second-order valence-corrected chi connectivity index (χ2v) is 8.73. The lowest BCUT2D eigenvalue weighted by Crippen LogP contribution is -2.49. The summed E-state index contributed by atoms with van der Waals surface area (Å²) >= 11 is 0. The van der Waals surface area contributed by atoms with Gasteiger partial charge in [-0.3, -0.25) is 9.59 Å². The maximum absolute atomic E-state index is 13.3. The first kappa shape index (κ1) is 28.7. The summed E-state index contributed by atoms with van der Waals surface area (Å²) in [6, 6.07) is 3.56. The molecule has 1 saturated heterocycles. The van der Waals surface area contributed by atoms with Crippen LogP contribution < -0.4 is 10.6 Å². The molecule has 2 amide bonds. The van der Waals surface area contributed by atoms with Gasteiger partial charge in [0.2, 0.25) is 5.91 Å². The molecule has 15 heteroatoms. The van der Waals surface area contributed by atoms with Gasteiger partial charge in [0, 0.05) is 32.6 Å². The van der Waals surface area contributed by atoms with Crippen LogP contribution in [0, 0.1) is 5.92 Å². The van der Waals surface area contributed by atoms with Gasteiger partial charge >= 0.3 is 18.3 Å². The molecule has 1 aromatic carbocycles. The zero-order chi connectivity index (χ0) is 28.3. The van der Waals surface area contributed by atoms with Gasteiger partial charge < -0.3 is 20.6 Å². The molecule has 2 aromatic rings.